The standard InChI is InChI=1S/C22H21NO4/c24-21(15-18-9-6-8-17-7-4-5-12-20(17)18)23-16-22(25)27-14-13-26-19-10-2-1-3-11-19/h1-12H,13-16H2,(H,23,24). The van der Waals surface area contributed by atoms with Gasteiger partial charge in [0.1, 0.15) is 25.5 Å². The summed E-state index contributed by atoms with van der Waals surface area (Å²) in [5.41, 5.74) is 0.926. The quantitative estimate of drug-likeness (QED) is 0.493. The number of esters is 1. The predicted molar refractivity (Wildman–Crippen MR) is 104 cm³/mol. The van der Waals surface area contributed by atoms with Crippen molar-refractivity contribution in [1.82, 2.24) is 5.32 Å². The normalized spacial score (nSPS) is 10.4. The first-order valence-corrected chi connectivity index (χ1v) is 8.79. The van der Waals surface area contributed by atoms with Gasteiger partial charge in [-0.05, 0) is 28.5 Å². The maximum Gasteiger partial charge on any atom is 0.325 e. The highest BCUT2D eigenvalue weighted by molar-refractivity contribution is 5.91. The molecule has 0 saturated heterocycles. The third kappa shape index (κ3) is 5.57. The van der Waals surface area contributed by atoms with Gasteiger partial charge in [0, 0.05) is 0 Å². The largest absolute Gasteiger partial charge is 0.490 e. The number of fused-ring (bicyclic) bond motifs is 1. The molecule has 0 aliphatic heterocycles. The maximum atomic E-state index is 12.1. The number of para-hydroxylation sites is 1. The van der Waals surface area contributed by atoms with Crippen LogP contribution in [0, 0.1) is 0 Å². The molecular weight excluding hydrogens is 342 g/mol. The van der Waals surface area contributed by atoms with Gasteiger partial charge in [-0.25, -0.2) is 0 Å². The fourth-order valence-electron chi connectivity index (χ4n) is 2.74. The van der Waals surface area contributed by atoms with Crippen molar-refractivity contribution in [3.63, 3.8) is 0 Å². The van der Waals surface area contributed by atoms with Crippen molar-refractivity contribution in [2.75, 3.05) is 19.8 Å². The Morgan fingerprint density at radius 3 is 2.41 bits per heavy atom. The minimum Gasteiger partial charge on any atom is -0.490 e. The third-order valence-electron chi connectivity index (χ3n) is 4.02. The van der Waals surface area contributed by atoms with E-state index in [1.165, 1.54) is 0 Å². The third-order valence-corrected chi connectivity index (χ3v) is 4.02. The lowest BCUT2D eigenvalue weighted by molar-refractivity contribution is -0.144. The topological polar surface area (TPSA) is 64.6 Å². The Balaban J connectivity index is 1.39. The molecule has 138 valence electrons. The average Bonchev–Trinajstić information content (AvgIpc) is 2.71. The summed E-state index contributed by atoms with van der Waals surface area (Å²) in [6, 6.07) is 23.0. The Morgan fingerprint density at radius 1 is 0.815 bits per heavy atom. The highest BCUT2D eigenvalue weighted by Crippen LogP contribution is 2.18. The highest BCUT2D eigenvalue weighted by Gasteiger charge is 2.09. The molecule has 0 aliphatic rings. The summed E-state index contributed by atoms with van der Waals surface area (Å²) < 4.78 is 10.5. The first-order valence-electron chi connectivity index (χ1n) is 8.79. The number of carbonyl (C=O) groups is 2. The first-order chi connectivity index (χ1) is 13.2. The fourth-order valence-corrected chi connectivity index (χ4v) is 2.74. The number of nitrogens with one attached hydrogen (secondary N) is 1. The Bertz CT molecular complexity index is 903. The van der Waals surface area contributed by atoms with Gasteiger partial charge in [-0.1, -0.05) is 60.7 Å². The molecule has 0 spiro atoms. The van der Waals surface area contributed by atoms with E-state index >= 15 is 0 Å². The molecule has 3 rings (SSSR count). The molecule has 3 aromatic carbocycles. The lowest BCUT2D eigenvalue weighted by Gasteiger charge is -2.09. The Morgan fingerprint density at radius 2 is 1.56 bits per heavy atom. The van der Waals surface area contributed by atoms with Gasteiger partial charge in [-0.15, -0.1) is 0 Å². The zero-order chi connectivity index (χ0) is 18.9. The molecule has 5 heteroatoms. The van der Waals surface area contributed by atoms with Crippen LogP contribution in [0.2, 0.25) is 0 Å². The molecule has 0 bridgehead atoms. The van der Waals surface area contributed by atoms with Crippen molar-refractivity contribution in [3.05, 3.63) is 78.4 Å². The first kappa shape index (κ1) is 18.5. The lowest BCUT2D eigenvalue weighted by atomic mass is 10.0. The van der Waals surface area contributed by atoms with Crippen LogP contribution >= 0.6 is 0 Å². The van der Waals surface area contributed by atoms with E-state index in [2.05, 4.69) is 5.32 Å². The van der Waals surface area contributed by atoms with Crippen molar-refractivity contribution < 1.29 is 19.1 Å². The van der Waals surface area contributed by atoms with E-state index < -0.39 is 5.97 Å². The van der Waals surface area contributed by atoms with Gasteiger partial charge >= 0.3 is 5.97 Å². The molecule has 5 nitrogen and oxygen atoms in total. The van der Waals surface area contributed by atoms with Gasteiger partial charge < -0.3 is 14.8 Å². The number of benzene rings is 3. The summed E-state index contributed by atoms with van der Waals surface area (Å²) in [6.45, 7) is 0.238. The van der Waals surface area contributed by atoms with Crippen molar-refractivity contribution >= 4 is 22.6 Å². The Labute approximate surface area is 157 Å². The molecule has 0 unspecified atom stereocenters. The van der Waals surface area contributed by atoms with E-state index in [0.29, 0.717) is 0 Å². The van der Waals surface area contributed by atoms with Gasteiger partial charge in [0.15, 0.2) is 0 Å². The zero-order valence-corrected chi connectivity index (χ0v) is 14.9. The minimum absolute atomic E-state index is 0.132. The van der Waals surface area contributed by atoms with Crippen LogP contribution in [-0.4, -0.2) is 31.6 Å². The minimum atomic E-state index is -0.488. The second-order valence-electron chi connectivity index (χ2n) is 5.97. The molecule has 3 aromatic rings. The SMILES string of the molecule is O=C(Cc1cccc2ccccc12)NCC(=O)OCCOc1ccccc1. The lowest BCUT2D eigenvalue weighted by Crippen LogP contribution is -2.32. The van der Waals surface area contributed by atoms with Crippen molar-refractivity contribution in [3.8, 4) is 5.75 Å². The maximum absolute atomic E-state index is 12.1. The summed E-state index contributed by atoms with van der Waals surface area (Å²) >= 11 is 0. The van der Waals surface area contributed by atoms with Crippen LogP contribution in [0.1, 0.15) is 5.56 Å². The van der Waals surface area contributed by atoms with Crippen LogP contribution in [0.3, 0.4) is 0 Å². The molecule has 0 saturated carbocycles. The number of hydrogen-bond acceptors (Lipinski definition) is 4. The van der Waals surface area contributed by atoms with E-state index in [1.807, 2.05) is 72.8 Å². The summed E-state index contributed by atoms with van der Waals surface area (Å²) in [4.78, 5) is 23.9. The number of carbonyl (C=O) groups excluding carboxylic acids is 2. The molecule has 0 aromatic heterocycles. The number of ether oxygens (including phenoxy) is 2. The van der Waals surface area contributed by atoms with Gasteiger partial charge in [-0.2, -0.15) is 0 Å². The molecule has 1 amide bonds. The van der Waals surface area contributed by atoms with E-state index in [9.17, 15) is 9.59 Å². The Hall–Kier alpha value is -3.34. The van der Waals surface area contributed by atoms with Crippen molar-refractivity contribution in [1.29, 1.82) is 0 Å². The van der Waals surface area contributed by atoms with Crippen LogP contribution in [0.5, 0.6) is 5.75 Å². The molecule has 27 heavy (non-hydrogen) atoms. The number of amides is 1. The Kier molecular flexibility index (Phi) is 6.41. The van der Waals surface area contributed by atoms with Crippen LogP contribution < -0.4 is 10.1 Å². The molecule has 0 radical (unpaired) electrons. The molecule has 1 N–H and O–H groups in total. The summed E-state index contributed by atoms with van der Waals surface area (Å²) in [5, 5.41) is 4.72. The van der Waals surface area contributed by atoms with Crippen LogP contribution in [0.15, 0.2) is 72.8 Å². The van der Waals surface area contributed by atoms with Crippen molar-refractivity contribution in [2.45, 2.75) is 6.42 Å². The molecule has 0 heterocycles. The van der Waals surface area contributed by atoms with Crippen LogP contribution in [-0.2, 0) is 20.7 Å². The number of rotatable bonds is 8. The van der Waals surface area contributed by atoms with Gasteiger partial charge in [0.2, 0.25) is 5.91 Å². The number of hydrogen-bond donors (Lipinski definition) is 1. The zero-order valence-electron chi connectivity index (χ0n) is 14.9. The summed E-state index contributed by atoms with van der Waals surface area (Å²) in [5.74, 6) is 0.0127. The van der Waals surface area contributed by atoms with Crippen LogP contribution in [0.25, 0.3) is 10.8 Å². The van der Waals surface area contributed by atoms with E-state index in [0.717, 1.165) is 22.1 Å². The average molecular weight is 363 g/mol. The van der Waals surface area contributed by atoms with Gasteiger partial charge in [-0.3, -0.25) is 9.59 Å². The monoisotopic (exact) mass is 363 g/mol. The van der Waals surface area contributed by atoms with E-state index in [1.54, 1.807) is 0 Å². The predicted octanol–water partition coefficient (Wildman–Crippen LogP) is 3.12. The second-order valence-corrected chi connectivity index (χ2v) is 5.97. The fraction of sp³-hybridized carbons (Fsp3) is 0.182. The molecular formula is C22H21NO4. The van der Waals surface area contributed by atoms with Crippen molar-refractivity contribution in [2.24, 2.45) is 0 Å². The second kappa shape index (κ2) is 9.38. The van der Waals surface area contributed by atoms with Gasteiger partial charge in [0.25, 0.3) is 0 Å². The summed E-state index contributed by atoms with van der Waals surface area (Å²) in [6.07, 6.45) is 0.214. The van der Waals surface area contributed by atoms with Crippen LogP contribution in [0.4, 0.5) is 0 Å². The summed E-state index contributed by atoms with van der Waals surface area (Å²) in [7, 11) is 0. The van der Waals surface area contributed by atoms with E-state index in [-0.39, 0.29) is 32.1 Å². The molecule has 0 atom stereocenters. The smallest absolute Gasteiger partial charge is 0.325 e. The van der Waals surface area contributed by atoms with Gasteiger partial charge in [0.05, 0.1) is 6.42 Å². The highest BCUT2D eigenvalue weighted by atomic mass is 16.6. The molecule has 0 fully saturated rings. The van der Waals surface area contributed by atoms with E-state index in [4.69, 9.17) is 9.47 Å². The molecule has 0 aliphatic carbocycles.